The van der Waals surface area contributed by atoms with Gasteiger partial charge in [-0.1, -0.05) is 12.1 Å². The highest BCUT2D eigenvalue weighted by atomic mass is 16.5. The lowest BCUT2D eigenvalue weighted by Gasteiger charge is -2.43. The van der Waals surface area contributed by atoms with Gasteiger partial charge in [0.05, 0.1) is 24.4 Å². The summed E-state index contributed by atoms with van der Waals surface area (Å²) >= 11 is 0. The number of carbonyl (C=O) groups is 1. The van der Waals surface area contributed by atoms with Crippen molar-refractivity contribution in [1.29, 1.82) is 0 Å². The molecule has 1 saturated heterocycles. The smallest absolute Gasteiger partial charge is 0.254 e. The molecule has 0 unspecified atom stereocenters. The molecule has 24 heavy (non-hydrogen) atoms. The molecule has 3 rings (SSSR count). The van der Waals surface area contributed by atoms with Crippen molar-refractivity contribution < 1.29 is 19.0 Å². The summed E-state index contributed by atoms with van der Waals surface area (Å²) in [5.41, 5.74) is 1.58. The van der Waals surface area contributed by atoms with E-state index in [1.165, 1.54) is 0 Å². The van der Waals surface area contributed by atoms with Crippen LogP contribution in [0.25, 0.3) is 0 Å². The highest BCUT2D eigenvalue weighted by molar-refractivity contribution is 5.94. The number of rotatable bonds is 5. The largest absolute Gasteiger partial charge is 0.381 e. The van der Waals surface area contributed by atoms with E-state index in [2.05, 4.69) is 0 Å². The molecule has 0 radical (unpaired) electrons. The van der Waals surface area contributed by atoms with Crippen LogP contribution in [-0.2, 0) is 20.8 Å². The number of fused-ring (bicyclic) bond motifs is 1. The predicted octanol–water partition coefficient (Wildman–Crippen LogP) is 2.63. The van der Waals surface area contributed by atoms with Crippen molar-refractivity contribution in [3.63, 3.8) is 0 Å². The molecule has 5 nitrogen and oxygen atoms in total. The molecule has 3 atom stereocenters. The fourth-order valence-corrected chi connectivity index (χ4v) is 4.20. The Morgan fingerprint density at radius 1 is 1.21 bits per heavy atom. The number of hydrogen-bond donors (Lipinski definition) is 0. The van der Waals surface area contributed by atoms with Gasteiger partial charge in [0.25, 0.3) is 5.91 Å². The molecule has 1 aliphatic heterocycles. The number of amides is 1. The molecule has 1 aliphatic carbocycles. The Balaban J connectivity index is 1.79. The summed E-state index contributed by atoms with van der Waals surface area (Å²) < 4.78 is 16.6. The second kappa shape index (κ2) is 7.21. The highest BCUT2D eigenvalue weighted by Gasteiger charge is 2.52. The molecule has 0 spiro atoms. The van der Waals surface area contributed by atoms with Crippen LogP contribution in [0.2, 0.25) is 0 Å². The van der Waals surface area contributed by atoms with E-state index in [4.69, 9.17) is 14.2 Å². The summed E-state index contributed by atoms with van der Waals surface area (Å²) in [5, 5.41) is 0. The van der Waals surface area contributed by atoms with Gasteiger partial charge in [0, 0.05) is 33.4 Å². The summed E-state index contributed by atoms with van der Waals surface area (Å²) in [5.74, 6) is 0.0830. The van der Waals surface area contributed by atoms with Crippen LogP contribution in [0.15, 0.2) is 24.3 Å². The van der Waals surface area contributed by atoms with Gasteiger partial charge in [-0.15, -0.1) is 0 Å². The second-order valence-corrected chi connectivity index (χ2v) is 6.80. The van der Waals surface area contributed by atoms with Crippen LogP contribution < -0.4 is 0 Å². The van der Waals surface area contributed by atoms with Gasteiger partial charge in [-0.25, -0.2) is 0 Å². The number of methoxy groups -OCH3 is 3. The van der Waals surface area contributed by atoms with Crippen LogP contribution in [-0.4, -0.2) is 56.4 Å². The van der Waals surface area contributed by atoms with Crippen molar-refractivity contribution in [3.8, 4) is 0 Å². The Bertz CT molecular complexity index is 573. The Hall–Kier alpha value is -1.43. The van der Waals surface area contributed by atoms with E-state index < -0.39 is 0 Å². The molecule has 0 N–H and O–H groups in total. The van der Waals surface area contributed by atoms with E-state index in [1.807, 2.05) is 29.2 Å². The Labute approximate surface area is 143 Å². The number of benzene rings is 1. The summed E-state index contributed by atoms with van der Waals surface area (Å²) in [6.07, 6.45) is 3.89. The minimum Gasteiger partial charge on any atom is -0.381 e. The van der Waals surface area contributed by atoms with Crippen molar-refractivity contribution in [1.82, 2.24) is 4.90 Å². The summed E-state index contributed by atoms with van der Waals surface area (Å²) in [6, 6.07) is 7.78. The van der Waals surface area contributed by atoms with E-state index >= 15 is 0 Å². The molecule has 5 heteroatoms. The number of likely N-dealkylation sites (tertiary alicyclic amines) is 1. The van der Waals surface area contributed by atoms with E-state index in [0.717, 1.165) is 43.4 Å². The molecule has 1 aromatic rings. The lowest BCUT2D eigenvalue weighted by atomic mass is 9.79. The van der Waals surface area contributed by atoms with Gasteiger partial charge >= 0.3 is 0 Å². The van der Waals surface area contributed by atoms with Gasteiger partial charge in [0.2, 0.25) is 0 Å². The molecule has 1 amide bonds. The molecule has 2 fully saturated rings. The lowest BCUT2D eigenvalue weighted by Crippen LogP contribution is -2.53. The second-order valence-electron chi connectivity index (χ2n) is 6.80. The molecule has 2 aliphatic rings. The van der Waals surface area contributed by atoms with E-state index in [9.17, 15) is 4.79 Å². The number of ether oxygens (including phenoxy) is 3. The van der Waals surface area contributed by atoms with Gasteiger partial charge < -0.3 is 19.1 Å². The Kier molecular flexibility index (Phi) is 5.23. The zero-order valence-electron chi connectivity index (χ0n) is 14.8. The van der Waals surface area contributed by atoms with Crippen LogP contribution in [0.3, 0.4) is 0 Å². The quantitative estimate of drug-likeness (QED) is 0.831. The van der Waals surface area contributed by atoms with E-state index in [1.54, 1.807) is 21.3 Å². The van der Waals surface area contributed by atoms with Crippen molar-refractivity contribution in [2.45, 2.75) is 50.0 Å². The maximum absolute atomic E-state index is 13.0. The first kappa shape index (κ1) is 17.4. The average molecular weight is 333 g/mol. The maximum atomic E-state index is 13.0. The fraction of sp³-hybridized carbons (Fsp3) is 0.632. The van der Waals surface area contributed by atoms with Crippen molar-refractivity contribution in [2.24, 2.45) is 0 Å². The average Bonchev–Trinajstić information content (AvgIpc) is 3.01. The Morgan fingerprint density at radius 3 is 2.58 bits per heavy atom. The van der Waals surface area contributed by atoms with Gasteiger partial charge in [0.15, 0.2) is 0 Å². The van der Waals surface area contributed by atoms with Crippen LogP contribution in [0.5, 0.6) is 0 Å². The van der Waals surface area contributed by atoms with Crippen molar-refractivity contribution in [3.05, 3.63) is 35.4 Å². The zero-order chi connectivity index (χ0) is 17.2. The van der Waals surface area contributed by atoms with Crippen LogP contribution in [0.1, 0.15) is 41.6 Å². The molecule has 1 saturated carbocycles. The first-order valence-electron chi connectivity index (χ1n) is 8.60. The first-order chi connectivity index (χ1) is 11.6. The zero-order valence-corrected chi connectivity index (χ0v) is 14.8. The van der Waals surface area contributed by atoms with Crippen molar-refractivity contribution in [2.75, 3.05) is 27.9 Å². The molecular weight excluding hydrogens is 306 g/mol. The molecule has 1 aromatic carbocycles. The lowest BCUT2D eigenvalue weighted by molar-refractivity contribution is -0.0893. The van der Waals surface area contributed by atoms with Gasteiger partial charge in [0.1, 0.15) is 0 Å². The third kappa shape index (κ3) is 3.08. The standard InChI is InChI=1S/C19H27NO4/c1-22-13-14-4-6-15(7-5-14)18(21)20-11-10-19(24-3)9-8-16(23-2)12-17(19)20/h4-7,16-17H,8-13H2,1-3H3/t16-,17+,19-/m1/s1. The van der Waals surface area contributed by atoms with Crippen LogP contribution >= 0.6 is 0 Å². The number of nitrogens with zero attached hydrogens (tertiary/aromatic N) is 1. The van der Waals surface area contributed by atoms with Gasteiger partial charge in [-0.2, -0.15) is 0 Å². The van der Waals surface area contributed by atoms with E-state index in [0.29, 0.717) is 6.61 Å². The monoisotopic (exact) mass is 333 g/mol. The third-order valence-electron chi connectivity index (χ3n) is 5.65. The minimum absolute atomic E-state index is 0.0830. The Morgan fingerprint density at radius 2 is 1.96 bits per heavy atom. The normalized spacial score (nSPS) is 29.5. The molecule has 1 heterocycles. The fourth-order valence-electron chi connectivity index (χ4n) is 4.20. The summed E-state index contributed by atoms with van der Waals surface area (Å²) in [4.78, 5) is 15.0. The van der Waals surface area contributed by atoms with Crippen molar-refractivity contribution >= 4 is 5.91 Å². The van der Waals surface area contributed by atoms with Gasteiger partial charge in [-0.3, -0.25) is 4.79 Å². The number of carbonyl (C=O) groups excluding carboxylic acids is 1. The SMILES string of the molecule is COCc1ccc(C(=O)N2CC[C@]3(OC)CC[C@@H](OC)C[C@H]23)cc1. The van der Waals surface area contributed by atoms with Gasteiger partial charge in [-0.05, 0) is 43.4 Å². The molecule has 132 valence electrons. The molecule has 0 bridgehead atoms. The minimum atomic E-state index is -0.208. The molecule has 0 aromatic heterocycles. The molecular formula is C19H27NO4. The van der Waals surface area contributed by atoms with Crippen LogP contribution in [0, 0.1) is 0 Å². The number of hydrogen-bond acceptors (Lipinski definition) is 4. The third-order valence-corrected chi connectivity index (χ3v) is 5.65. The highest BCUT2D eigenvalue weighted by Crippen LogP contribution is 2.43. The predicted molar refractivity (Wildman–Crippen MR) is 91.0 cm³/mol. The summed E-state index contributed by atoms with van der Waals surface area (Å²) in [6.45, 7) is 1.30. The van der Waals surface area contributed by atoms with Crippen LogP contribution in [0.4, 0.5) is 0 Å². The summed E-state index contributed by atoms with van der Waals surface area (Å²) in [7, 11) is 5.19. The first-order valence-corrected chi connectivity index (χ1v) is 8.60. The maximum Gasteiger partial charge on any atom is 0.254 e. The topological polar surface area (TPSA) is 48.0 Å². The van der Waals surface area contributed by atoms with E-state index in [-0.39, 0.29) is 23.7 Å².